The first kappa shape index (κ1) is 58.6. The molecule has 15 atom stereocenters. The van der Waals surface area contributed by atoms with Crippen LogP contribution in [0.1, 0.15) is 132 Å². The second-order valence-electron chi connectivity index (χ2n) is 22.0. The van der Waals surface area contributed by atoms with Gasteiger partial charge < -0.3 is 49.3 Å². The summed E-state index contributed by atoms with van der Waals surface area (Å²) in [6.45, 7) is 13.7. The maximum atomic E-state index is 14.5. The number of anilines is 1. The highest BCUT2D eigenvalue weighted by molar-refractivity contribution is 6.39. The van der Waals surface area contributed by atoms with Crippen molar-refractivity contribution in [1.82, 2.24) is 9.47 Å². The molecule has 15 heteroatoms. The molecule has 4 aliphatic rings. The summed E-state index contributed by atoms with van der Waals surface area (Å²) in [5.74, 6) is -5.86. The zero-order chi connectivity index (χ0) is 53.0. The van der Waals surface area contributed by atoms with Gasteiger partial charge in [0.25, 0.3) is 17.2 Å². The Morgan fingerprint density at radius 3 is 2.35 bits per heavy atom. The lowest BCUT2D eigenvalue weighted by atomic mass is 9.76. The lowest BCUT2D eigenvalue weighted by molar-refractivity contribution is -0.263. The SMILES string of the molecule is COC1CC(C[C@@H](C)[C@@H]2CC[C@H](N)/C=C(\C)C(O)[C@@H](OC)C(=O)C(C)C[C@H](C)/C=C/C=C/C=C(\C)C(N(C)c3cccn(C)c3=O)CC3CCC(C)C(O)(O3)C(=O)C(=O)N3CCCCC3C(=O)O2)CC[C@H]1C. The molecule has 3 fully saturated rings. The molecule has 0 spiro atoms. The van der Waals surface area contributed by atoms with Crippen molar-refractivity contribution in [3.05, 3.63) is 76.3 Å². The number of Topliss-reactive ketones (excluding diaryl/α,β-unsaturated/α-hetero) is 2. The van der Waals surface area contributed by atoms with Gasteiger partial charge in [0.2, 0.25) is 5.79 Å². The van der Waals surface area contributed by atoms with Crippen LogP contribution in [0.2, 0.25) is 0 Å². The molecule has 0 aromatic carbocycles. The summed E-state index contributed by atoms with van der Waals surface area (Å²) in [4.78, 5) is 74.0. The predicted molar refractivity (Wildman–Crippen MR) is 280 cm³/mol. The quantitative estimate of drug-likeness (QED) is 0.141. The summed E-state index contributed by atoms with van der Waals surface area (Å²) in [6, 6.07) is 1.50. The van der Waals surface area contributed by atoms with E-state index in [0.29, 0.717) is 68.0 Å². The first-order valence-corrected chi connectivity index (χ1v) is 26.7. The molecule has 9 unspecified atom stereocenters. The van der Waals surface area contributed by atoms with Gasteiger partial charge in [0.05, 0.1) is 18.2 Å². The van der Waals surface area contributed by atoms with Gasteiger partial charge in [-0.05, 0) is 139 Å². The summed E-state index contributed by atoms with van der Waals surface area (Å²) < 4.78 is 25.8. The molecule has 72 heavy (non-hydrogen) atoms. The molecular weight excluding hydrogens is 917 g/mol. The van der Waals surface area contributed by atoms with Crippen LogP contribution in [0.15, 0.2) is 70.7 Å². The third-order valence-electron chi connectivity index (χ3n) is 16.4. The molecule has 2 saturated heterocycles. The van der Waals surface area contributed by atoms with E-state index in [-0.39, 0.29) is 48.7 Å². The van der Waals surface area contributed by atoms with Crippen LogP contribution in [0.3, 0.4) is 0 Å². The van der Waals surface area contributed by atoms with Crippen LogP contribution in [0.4, 0.5) is 5.69 Å². The number of cyclic esters (lactones) is 1. The van der Waals surface area contributed by atoms with Gasteiger partial charge in [0, 0.05) is 58.9 Å². The van der Waals surface area contributed by atoms with E-state index in [1.807, 2.05) is 63.1 Å². The molecule has 1 amide bonds. The Balaban J connectivity index is 1.51. The van der Waals surface area contributed by atoms with Crippen LogP contribution in [-0.2, 0) is 45.2 Å². The topological polar surface area (TPSA) is 200 Å². The van der Waals surface area contributed by atoms with E-state index in [0.717, 1.165) is 31.3 Å². The van der Waals surface area contributed by atoms with Crippen molar-refractivity contribution in [3.8, 4) is 0 Å². The molecule has 0 radical (unpaired) electrons. The van der Waals surface area contributed by atoms with Gasteiger partial charge in [0.15, 0.2) is 5.78 Å². The van der Waals surface area contributed by atoms with Gasteiger partial charge in [-0.1, -0.05) is 76.6 Å². The second kappa shape index (κ2) is 26.8. The average Bonchev–Trinajstić information content (AvgIpc) is 3.35. The number of nitrogens with zero attached hydrogens (tertiary/aromatic N) is 3. The molecule has 2 bridgehead atoms. The second-order valence-corrected chi connectivity index (χ2v) is 22.0. The van der Waals surface area contributed by atoms with Crippen LogP contribution < -0.4 is 16.2 Å². The number of allylic oxidation sites excluding steroid dienone is 5. The highest BCUT2D eigenvalue weighted by Gasteiger charge is 2.53. The molecule has 1 aromatic rings. The number of rotatable bonds is 7. The number of carbonyl (C=O) groups excluding carboxylic acids is 4. The van der Waals surface area contributed by atoms with Crippen LogP contribution in [0, 0.1) is 35.5 Å². The fraction of sp³-hybridized carbons (Fsp3) is 0.702. The van der Waals surface area contributed by atoms with Crippen LogP contribution in [-0.4, -0.2) is 125 Å². The van der Waals surface area contributed by atoms with Crippen molar-refractivity contribution in [2.75, 3.05) is 32.7 Å². The monoisotopic (exact) mass is 1000 g/mol. The number of esters is 1. The summed E-state index contributed by atoms with van der Waals surface area (Å²) in [5.41, 5.74) is 8.36. The molecule has 15 nitrogen and oxygen atoms in total. The molecule has 1 aliphatic carbocycles. The molecule has 4 heterocycles. The normalized spacial score (nSPS) is 37.5. The third kappa shape index (κ3) is 14.7. The van der Waals surface area contributed by atoms with Crippen LogP contribution in [0.5, 0.6) is 0 Å². The van der Waals surface area contributed by atoms with E-state index in [4.69, 9.17) is 24.7 Å². The van der Waals surface area contributed by atoms with Crippen molar-refractivity contribution >= 4 is 29.1 Å². The van der Waals surface area contributed by atoms with E-state index >= 15 is 0 Å². The molecule has 402 valence electrons. The molecule has 5 rings (SSSR count). The number of ether oxygens (including phenoxy) is 4. The van der Waals surface area contributed by atoms with Gasteiger partial charge in [0.1, 0.15) is 30.0 Å². The number of piperidine rings is 1. The van der Waals surface area contributed by atoms with Gasteiger partial charge in [-0.25, -0.2) is 4.79 Å². The number of aliphatic hydroxyl groups is 2. The summed E-state index contributed by atoms with van der Waals surface area (Å²) >= 11 is 0. The van der Waals surface area contributed by atoms with Gasteiger partial charge in [-0.15, -0.1) is 0 Å². The highest BCUT2D eigenvalue weighted by atomic mass is 16.6. The number of likely N-dealkylation sites (N-methyl/N-ethyl adjacent to an activating group) is 1. The summed E-state index contributed by atoms with van der Waals surface area (Å²) in [7, 11) is 6.69. The smallest absolute Gasteiger partial charge is 0.329 e. The minimum atomic E-state index is -2.46. The molecule has 4 N–H and O–H groups in total. The zero-order valence-electron chi connectivity index (χ0n) is 45.2. The fourth-order valence-electron chi connectivity index (χ4n) is 11.6. The maximum Gasteiger partial charge on any atom is 0.329 e. The van der Waals surface area contributed by atoms with Crippen molar-refractivity contribution in [3.63, 3.8) is 0 Å². The molecule has 3 aliphatic heterocycles. The number of hydrogen-bond acceptors (Lipinski definition) is 13. The number of aryl methyl sites for hydroxylation is 1. The lowest BCUT2D eigenvalue weighted by Crippen LogP contribution is -2.61. The van der Waals surface area contributed by atoms with Gasteiger partial charge >= 0.3 is 5.97 Å². The number of methoxy groups -OCH3 is 2. The number of hydrogen-bond donors (Lipinski definition) is 3. The molecule has 1 aromatic heterocycles. The van der Waals surface area contributed by atoms with Crippen molar-refractivity contribution in [1.29, 1.82) is 0 Å². The average molecular weight is 1010 g/mol. The fourth-order valence-corrected chi connectivity index (χ4v) is 11.6. The Bertz CT molecular complexity index is 2190. The standard InChI is InChI=1S/C57H88N4O11/c1-35-18-13-12-14-19-36(2)47(60(9)45-21-17-28-59(8)54(45)65)34-44-26-23-41(7)57(68,72-44)53(64)55(66)61-29-16-15-20-46(61)56(67)71-48(38(4)31-42-24-22-37(3)49(33-42)69-10)27-25-43(58)32-40(6)51(63)52(70-11)50(62)39(5)30-35/h12-14,17-19,21,28,32,35,37-39,41-44,46-49,51-52,63,68H,15-16,20,22-27,29-31,33-34,58H2,1-11H3/b14-12+,18-13+,36-19+,40-32+/t35-,37-,38-,39?,41?,42?,43+,44?,46?,47?,48+,49?,51?,52+,57?/m1/s1. The van der Waals surface area contributed by atoms with Crippen molar-refractivity contribution < 1.29 is 48.3 Å². The Morgan fingerprint density at radius 2 is 1.64 bits per heavy atom. The Kier molecular flexibility index (Phi) is 21.8. The number of fused-ring (bicyclic) bond motifs is 3. The lowest BCUT2D eigenvalue weighted by Gasteiger charge is -2.43. The maximum absolute atomic E-state index is 14.5. The van der Waals surface area contributed by atoms with Crippen LogP contribution in [0.25, 0.3) is 0 Å². The molecular formula is C57H88N4O11. The highest BCUT2D eigenvalue weighted by Crippen LogP contribution is 2.39. The Hall–Kier alpha value is -4.25. The minimum absolute atomic E-state index is 0.00931. The number of nitrogens with two attached hydrogens (primary N) is 1. The number of aliphatic hydroxyl groups excluding tert-OH is 1. The first-order chi connectivity index (χ1) is 34.1. The van der Waals surface area contributed by atoms with E-state index in [1.165, 1.54) is 16.6 Å². The number of pyridine rings is 1. The number of carbonyl (C=O) groups is 4. The Morgan fingerprint density at radius 1 is 0.903 bits per heavy atom. The Labute approximate surface area is 429 Å². The van der Waals surface area contributed by atoms with Crippen molar-refractivity contribution in [2.24, 2.45) is 48.3 Å². The predicted octanol–water partition coefficient (Wildman–Crippen LogP) is 7.16. The van der Waals surface area contributed by atoms with Gasteiger partial charge in [-0.2, -0.15) is 0 Å². The number of amides is 1. The third-order valence-corrected chi connectivity index (χ3v) is 16.4. The van der Waals surface area contributed by atoms with Crippen LogP contribution >= 0.6 is 0 Å². The van der Waals surface area contributed by atoms with E-state index < -0.39 is 77.8 Å². The van der Waals surface area contributed by atoms with Crippen molar-refractivity contribution in [2.45, 2.75) is 186 Å². The zero-order valence-corrected chi connectivity index (χ0v) is 45.2. The number of ketones is 2. The van der Waals surface area contributed by atoms with E-state index in [9.17, 15) is 34.2 Å². The van der Waals surface area contributed by atoms with Gasteiger partial charge in [-0.3, -0.25) is 19.2 Å². The summed E-state index contributed by atoms with van der Waals surface area (Å²) in [5, 5.41) is 23.8. The number of aromatic nitrogens is 1. The van der Waals surface area contributed by atoms with E-state index in [1.54, 1.807) is 52.4 Å². The largest absolute Gasteiger partial charge is 0.461 e. The molecule has 1 saturated carbocycles. The van der Waals surface area contributed by atoms with E-state index in [2.05, 4.69) is 13.8 Å². The summed E-state index contributed by atoms with van der Waals surface area (Å²) in [6.07, 6.45) is 17.2. The first-order valence-electron chi connectivity index (χ1n) is 26.7. The minimum Gasteiger partial charge on any atom is -0.461 e.